The van der Waals surface area contributed by atoms with Crippen LogP contribution in [0.25, 0.3) is 11.1 Å². The Morgan fingerprint density at radius 1 is 1.00 bits per heavy atom. The highest BCUT2D eigenvalue weighted by Crippen LogP contribution is 2.39. The smallest absolute Gasteiger partial charge is 0.0500 e. The van der Waals surface area contributed by atoms with Crippen LogP contribution in [0.2, 0.25) is 0 Å². The molecule has 0 spiro atoms. The van der Waals surface area contributed by atoms with E-state index in [0.29, 0.717) is 0 Å². The van der Waals surface area contributed by atoms with Crippen molar-refractivity contribution in [2.75, 3.05) is 32.8 Å². The van der Waals surface area contributed by atoms with E-state index in [1.807, 2.05) is 6.07 Å². The minimum atomic E-state index is -0.188. The van der Waals surface area contributed by atoms with Gasteiger partial charge in [-0.2, -0.15) is 0 Å². The van der Waals surface area contributed by atoms with E-state index in [4.69, 9.17) is 0 Å². The van der Waals surface area contributed by atoms with Gasteiger partial charge in [0.05, 0.1) is 0 Å². The molecule has 1 aliphatic rings. The predicted molar refractivity (Wildman–Crippen MR) is 99.9 cm³/mol. The highest BCUT2D eigenvalue weighted by molar-refractivity contribution is 5.64. The summed E-state index contributed by atoms with van der Waals surface area (Å²) in [4.78, 5) is 2.51. The molecule has 0 saturated carbocycles. The number of aliphatic hydroxyl groups excluding tert-OH is 1. The fraction of sp³-hybridized carbons (Fsp3) is 0.429. The normalized spacial score (nSPS) is 17.6. The first-order chi connectivity index (χ1) is 11.6. The summed E-state index contributed by atoms with van der Waals surface area (Å²) in [6, 6.07) is 19.5. The van der Waals surface area contributed by atoms with Crippen molar-refractivity contribution in [3.05, 3.63) is 60.2 Å². The molecule has 3 heteroatoms. The third-order valence-corrected chi connectivity index (χ3v) is 4.97. The predicted octanol–water partition coefficient (Wildman–Crippen LogP) is 3.32. The maximum absolute atomic E-state index is 10.0. The topological polar surface area (TPSA) is 35.5 Å². The quantitative estimate of drug-likeness (QED) is 0.886. The van der Waals surface area contributed by atoms with Crippen LogP contribution in [-0.2, 0) is 0 Å². The van der Waals surface area contributed by atoms with E-state index in [1.54, 1.807) is 0 Å². The second-order valence-electron chi connectivity index (χ2n) is 7.33. The van der Waals surface area contributed by atoms with Crippen LogP contribution in [0, 0.1) is 5.41 Å². The average Bonchev–Trinajstić information content (AvgIpc) is 2.64. The molecule has 0 radical (unpaired) electrons. The van der Waals surface area contributed by atoms with Crippen LogP contribution in [0.5, 0.6) is 0 Å². The summed E-state index contributed by atoms with van der Waals surface area (Å²) in [6.07, 6.45) is 0. The van der Waals surface area contributed by atoms with E-state index < -0.39 is 0 Å². The molecule has 128 valence electrons. The number of hydrogen-bond donors (Lipinski definition) is 2. The second kappa shape index (κ2) is 7.47. The third kappa shape index (κ3) is 3.69. The van der Waals surface area contributed by atoms with E-state index in [2.05, 4.69) is 72.6 Å². The Morgan fingerprint density at radius 3 is 2.33 bits per heavy atom. The summed E-state index contributed by atoms with van der Waals surface area (Å²) in [5, 5.41) is 13.4. The Bertz CT molecular complexity index is 648. The molecule has 2 aromatic carbocycles. The molecule has 1 aliphatic heterocycles. The summed E-state index contributed by atoms with van der Waals surface area (Å²) in [5.41, 5.74) is 3.58. The van der Waals surface area contributed by atoms with Crippen LogP contribution in [0.3, 0.4) is 0 Å². The molecule has 0 aromatic heterocycles. The van der Waals surface area contributed by atoms with Crippen LogP contribution in [-0.4, -0.2) is 42.8 Å². The molecule has 0 bridgehead atoms. The Balaban J connectivity index is 1.98. The van der Waals surface area contributed by atoms with Gasteiger partial charge in [-0.05, 0) is 22.8 Å². The van der Waals surface area contributed by atoms with Gasteiger partial charge >= 0.3 is 0 Å². The molecule has 1 saturated heterocycles. The van der Waals surface area contributed by atoms with Gasteiger partial charge in [0.15, 0.2) is 0 Å². The number of hydrogen-bond acceptors (Lipinski definition) is 3. The van der Waals surface area contributed by atoms with Crippen molar-refractivity contribution in [3.8, 4) is 11.1 Å². The number of piperazine rings is 1. The number of benzene rings is 2. The van der Waals surface area contributed by atoms with Gasteiger partial charge in [0.2, 0.25) is 0 Å². The minimum absolute atomic E-state index is 0.178. The standard InChI is InChI=1S/C21H28N2O/c1-21(2,16-24)20(23-13-11-22-12-14-23)19-10-6-9-18(15-19)17-7-4-3-5-8-17/h3-10,15,20,22,24H,11-14,16H2,1-2H3/t20-/m0/s1. The van der Waals surface area contributed by atoms with Gasteiger partial charge in [0.25, 0.3) is 0 Å². The molecule has 3 nitrogen and oxygen atoms in total. The van der Waals surface area contributed by atoms with Gasteiger partial charge < -0.3 is 10.4 Å². The van der Waals surface area contributed by atoms with Crippen LogP contribution >= 0.6 is 0 Å². The Hall–Kier alpha value is -1.68. The maximum atomic E-state index is 10.0. The zero-order valence-corrected chi connectivity index (χ0v) is 14.7. The van der Waals surface area contributed by atoms with Crippen LogP contribution < -0.4 is 5.32 Å². The zero-order valence-electron chi connectivity index (χ0n) is 14.7. The minimum Gasteiger partial charge on any atom is -0.396 e. The second-order valence-corrected chi connectivity index (χ2v) is 7.33. The fourth-order valence-electron chi connectivity index (χ4n) is 3.70. The number of rotatable bonds is 5. The summed E-state index contributed by atoms with van der Waals surface area (Å²) < 4.78 is 0. The fourth-order valence-corrected chi connectivity index (χ4v) is 3.70. The molecule has 2 N–H and O–H groups in total. The van der Waals surface area contributed by atoms with Crippen molar-refractivity contribution in [2.24, 2.45) is 5.41 Å². The summed E-state index contributed by atoms with van der Waals surface area (Å²) in [7, 11) is 0. The molecule has 1 heterocycles. The maximum Gasteiger partial charge on any atom is 0.0500 e. The lowest BCUT2D eigenvalue weighted by Gasteiger charge is -2.43. The first-order valence-electron chi connectivity index (χ1n) is 8.83. The van der Waals surface area contributed by atoms with Crippen LogP contribution in [0.15, 0.2) is 54.6 Å². The van der Waals surface area contributed by atoms with E-state index in [-0.39, 0.29) is 18.1 Å². The molecule has 1 fully saturated rings. The van der Waals surface area contributed by atoms with E-state index in [9.17, 15) is 5.11 Å². The van der Waals surface area contributed by atoms with Gasteiger partial charge in [0, 0.05) is 44.2 Å². The monoisotopic (exact) mass is 324 g/mol. The van der Waals surface area contributed by atoms with E-state index in [0.717, 1.165) is 26.2 Å². The molecule has 0 amide bonds. The van der Waals surface area contributed by atoms with Crippen LogP contribution in [0.4, 0.5) is 0 Å². The highest BCUT2D eigenvalue weighted by atomic mass is 16.3. The molecule has 1 atom stereocenters. The lowest BCUT2D eigenvalue weighted by molar-refractivity contribution is 0.0305. The van der Waals surface area contributed by atoms with Gasteiger partial charge in [-0.25, -0.2) is 0 Å². The first-order valence-corrected chi connectivity index (χ1v) is 8.83. The first kappa shape index (κ1) is 17.2. The summed E-state index contributed by atoms with van der Waals surface area (Å²) >= 11 is 0. The van der Waals surface area contributed by atoms with Gasteiger partial charge in [-0.1, -0.05) is 62.4 Å². The molecule has 24 heavy (non-hydrogen) atoms. The highest BCUT2D eigenvalue weighted by Gasteiger charge is 2.35. The number of nitrogens with one attached hydrogen (secondary N) is 1. The van der Waals surface area contributed by atoms with Crippen LogP contribution in [0.1, 0.15) is 25.5 Å². The van der Waals surface area contributed by atoms with Gasteiger partial charge in [0.1, 0.15) is 0 Å². The Labute approximate surface area is 145 Å². The lowest BCUT2D eigenvalue weighted by atomic mass is 9.79. The third-order valence-electron chi connectivity index (χ3n) is 4.97. The Morgan fingerprint density at radius 2 is 1.67 bits per heavy atom. The molecular weight excluding hydrogens is 296 g/mol. The number of nitrogens with zero attached hydrogens (tertiary/aromatic N) is 1. The van der Waals surface area contributed by atoms with E-state index >= 15 is 0 Å². The largest absolute Gasteiger partial charge is 0.396 e. The summed E-state index contributed by atoms with van der Waals surface area (Å²) in [5.74, 6) is 0. The van der Waals surface area contributed by atoms with Crippen molar-refractivity contribution in [1.82, 2.24) is 10.2 Å². The van der Waals surface area contributed by atoms with Gasteiger partial charge in [-0.15, -0.1) is 0 Å². The molecular formula is C21H28N2O. The SMILES string of the molecule is CC(C)(CO)[C@H](c1cccc(-c2ccccc2)c1)N1CCNCC1. The van der Waals surface area contributed by atoms with Gasteiger partial charge in [-0.3, -0.25) is 4.90 Å². The number of aliphatic hydroxyl groups is 1. The average molecular weight is 324 g/mol. The molecule has 0 aliphatic carbocycles. The van der Waals surface area contributed by atoms with Crippen molar-refractivity contribution in [1.29, 1.82) is 0 Å². The van der Waals surface area contributed by atoms with Crippen molar-refractivity contribution in [2.45, 2.75) is 19.9 Å². The molecule has 3 rings (SSSR count). The zero-order chi connectivity index (χ0) is 17.0. The summed E-state index contributed by atoms with van der Waals surface area (Å²) in [6.45, 7) is 8.56. The Kier molecular flexibility index (Phi) is 5.34. The molecule has 2 aromatic rings. The van der Waals surface area contributed by atoms with E-state index in [1.165, 1.54) is 16.7 Å². The van der Waals surface area contributed by atoms with Crippen molar-refractivity contribution in [3.63, 3.8) is 0 Å². The lowest BCUT2D eigenvalue weighted by Crippen LogP contribution is -2.49. The molecule has 0 unspecified atom stereocenters. The van der Waals surface area contributed by atoms with Crippen molar-refractivity contribution >= 4 is 0 Å². The van der Waals surface area contributed by atoms with Crippen molar-refractivity contribution < 1.29 is 5.11 Å².